The van der Waals surface area contributed by atoms with Crippen LogP contribution in [0.5, 0.6) is 5.75 Å². The van der Waals surface area contributed by atoms with Crippen LogP contribution in [0.25, 0.3) is 11.0 Å². The fourth-order valence-electron chi connectivity index (χ4n) is 2.64. The molecule has 3 aromatic rings. The smallest absolute Gasteiger partial charge is 0.253 e. The molecular weight excluding hydrogens is 325 g/mol. The van der Waals surface area contributed by atoms with E-state index in [4.69, 9.17) is 9.15 Å². The zero-order valence-corrected chi connectivity index (χ0v) is 13.9. The van der Waals surface area contributed by atoms with E-state index in [1.54, 1.807) is 37.3 Å². The van der Waals surface area contributed by atoms with Gasteiger partial charge < -0.3 is 19.6 Å². The second-order valence-corrected chi connectivity index (χ2v) is 5.69. The van der Waals surface area contributed by atoms with Crippen LogP contribution in [0.15, 0.2) is 46.9 Å². The molecule has 0 saturated carbocycles. The average molecular weight is 343 g/mol. The molecular formula is C19H18FNO4. The molecule has 3 rings (SSSR count). The van der Waals surface area contributed by atoms with Crippen molar-refractivity contribution < 1.29 is 23.4 Å². The molecule has 1 unspecified atom stereocenters. The summed E-state index contributed by atoms with van der Waals surface area (Å²) in [6, 6.07) is 10.9. The lowest BCUT2D eigenvalue weighted by molar-refractivity contribution is -0.129. The van der Waals surface area contributed by atoms with Crippen LogP contribution in [0.3, 0.4) is 0 Å². The van der Waals surface area contributed by atoms with Crippen LogP contribution >= 0.6 is 0 Å². The van der Waals surface area contributed by atoms with Crippen molar-refractivity contribution in [2.45, 2.75) is 19.6 Å². The molecule has 25 heavy (non-hydrogen) atoms. The van der Waals surface area contributed by atoms with E-state index in [0.717, 1.165) is 5.56 Å². The van der Waals surface area contributed by atoms with E-state index in [0.29, 0.717) is 28.0 Å². The van der Waals surface area contributed by atoms with Crippen LogP contribution in [-0.4, -0.2) is 18.1 Å². The third-order valence-corrected chi connectivity index (χ3v) is 4.08. The van der Waals surface area contributed by atoms with Crippen molar-refractivity contribution in [3.8, 4) is 5.75 Å². The molecule has 1 heterocycles. The number of halogens is 1. The van der Waals surface area contributed by atoms with Crippen molar-refractivity contribution in [1.29, 1.82) is 0 Å². The summed E-state index contributed by atoms with van der Waals surface area (Å²) < 4.78 is 24.1. The maximum atomic E-state index is 13.3. The summed E-state index contributed by atoms with van der Waals surface area (Å²) in [5, 5.41) is 13.5. The molecule has 0 bridgehead atoms. The predicted molar refractivity (Wildman–Crippen MR) is 90.7 cm³/mol. The Morgan fingerprint density at radius 2 is 2.12 bits per heavy atom. The van der Waals surface area contributed by atoms with E-state index in [1.165, 1.54) is 19.2 Å². The average Bonchev–Trinajstić information content (AvgIpc) is 2.94. The highest BCUT2D eigenvalue weighted by molar-refractivity contribution is 5.83. The largest absolute Gasteiger partial charge is 0.497 e. The number of aliphatic hydroxyl groups is 1. The minimum atomic E-state index is -1.32. The summed E-state index contributed by atoms with van der Waals surface area (Å²) in [5.41, 5.74) is 1.74. The van der Waals surface area contributed by atoms with Gasteiger partial charge in [-0.05, 0) is 42.8 Å². The van der Waals surface area contributed by atoms with Gasteiger partial charge in [-0.25, -0.2) is 4.39 Å². The highest BCUT2D eigenvalue weighted by Gasteiger charge is 2.19. The van der Waals surface area contributed by atoms with Gasteiger partial charge in [-0.15, -0.1) is 0 Å². The molecule has 2 N–H and O–H groups in total. The number of aryl methyl sites for hydroxylation is 1. The summed E-state index contributed by atoms with van der Waals surface area (Å²) >= 11 is 0. The molecule has 1 amide bonds. The first-order valence-corrected chi connectivity index (χ1v) is 7.77. The molecule has 0 aliphatic rings. The SMILES string of the molecule is COc1cccc(C(O)C(=O)NCc2oc3ccc(F)cc3c2C)c1. The van der Waals surface area contributed by atoms with Crippen LogP contribution in [0.1, 0.15) is 23.0 Å². The summed E-state index contributed by atoms with van der Waals surface area (Å²) in [5.74, 6) is 0.172. The number of furan rings is 1. The zero-order valence-electron chi connectivity index (χ0n) is 13.9. The van der Waals surface area contributed by atoms with Gasteiger partial charge in [0.1, 0.15) is 22.9 Å². The third-order valence-electron chi connectivity index (χ3n) is 4.08. The number of benzene rings is 2. The second kappa shape index (κ2) is 6.94. The lowest BCUT2D eigenvalue weighted by atomic mass is 10.1. The number of hydrogen-bond donors (Lipinski definition) is 2. The number of rotatable bonds is 5. The van der Waals surface area contributed by atoms with E-state index in [2.05, 4.69) is 5.32 Å². The number of ether oxygens (including phenoxy) is 1. The van der Waals surface area contributed by atoms with Crippen molar-refractivity contribution in [1.82, 2.24) is 5.32 Å². The molecule has 5 nitrogen and oxygen atoms in total. The zero-order chi connectivity index (χ0) is 18.0. The lowest BCUT2D eigenvalue weighted by Crippen LogP contribution is -2.28. The first-order chi connectivity index (χ1) is 12.0. The maximum Gasteiger partial charge on any atom is 0.253 e. The number of carbonyl (C=O) groups excluding carboxylic acids is 1. The summed E-state index contributed by atoms with van der Waals surface area (Å²) in [6.07, 6.45) is -1.32. The molecule has 2 aromatic carbocycles. The highest BCUT2D eigenvalue weighted by Crippen LogP contribution is 2.26. The van der Waals surface area contributed by atoms with Crippen molar-refractivity contribution in [2.24, 2.45) is 0 Å². The number of aliphatic hydroxyl groups excluding tert-OH is 1. The number of hydrogen-bond acceptors (Lipinski definition) is 4. The van der Waals surface area contributed by atoms with Gasteiger partial charge in [0.2, 0.25) is 0 Å². The fraction of sp³-hybridized carbons (Fsp3) is 0.211. The van der Waals surface area contributed by atoms with Crippen molar-refractivity contribution in [3.05, 3.63) is 65.2 Å². The third kappa shape index (κ3) is 3.49. The van der Waals surface area contributed by atoms with Gasteiger partial charge in [0.05, 0.1) is 13.7 Å². The Morgan fingerprint density at radius 1 is 1.32 bits per heavy atom. The number of carbonyl (C=O) groups is 1. The van der Waals surface area contributed by atoms with E-state index in [9.17, 15) is 14.3 Å². The van der Waals surface area contributed by atoms with Crippen LogP contribution in [0.2, 0.25) is 0 Å². The van der Waals surface area contributed by atoms with E-state index >= 15 is 0 Å². The second-order valence-electron chi connectivity index (χ2n) is 5.69. The van der Waals surface area contributed by atoms with Crippen molar-refractivity contribution >= 4 is 16.9 Å². The first kappa shape index (κ1) is 17.0. The number of fused-ring (bicyclic) bond motifs is 1. The predicted octanol–water partition coefficient (Wildman–Crippen LogP) is 3.24. The number of methoxy groups -OCH3 is 1. The first-order valence-electron chi connectivity index (χ1n) is 7.77. The van der Waals surface area contributed by atoms with Crippen LogP contribution < -0.4 is 10.1 Å². The summed E-state index contributed by atoms with van der Waals surface area (Å²) in [7, 11) is 1.51. The highest BCUT2D eigenvalue weighted by atomic mass is 19.1. The van der Waals surface area contributed by atoms with Gasteiger partial charge >= 0.3 is 0 Å². The Kier molecular flexibility index (Phi) is 4.72. The van der Waals surface area contributed by atoms with E-state index < -0.39 is 12.0 Å². The van der Waals surface area contributed by atoms with Gasteiger partial charge in [0.15, 0.2) is 6.10 Å². The quantitative estimate of drug-likeness (QED) is 0.746. The summed E-state index contributed by atoms with van der Waals surface area (Å²) in [4.78, 5) is 12.2. The van der Waals surface area contributed by atoms with Crippen LogP contribution in [0.4, 0.5) is 4.39 Å². The fourth-order valence-corrected chi connectivity index (χ4v) is 2.64. The van der Waals surface area contributed by atoms with Crippen LogP contribution in [0, 0.1) is 12.7 Å². The Morgan fingerprint density at radius 3 is 2.88 bits per heavy atom. The Hall–Kier alpha value is -2.86. The van der Waals surface area contributed by atoms with Gasteiger partial charge in [-0.3, -0.25) is 4.79 Å². The maximum absolute atomic E-state index is 13.3. The molecule has 0 spiro atoms. The van der Waals surface area contributed by atoms with Gasteiger partial charge in [-0.2, -0.15) is 0 Å². The molecule has 130 valence electrons. The molecule has 0 aliphatic carbocycles. The topological polar surface area (TPSA) is 71.7 Å². The van der Waals surface area contributed by atoms with E-state index in [1.807, 2.05) is 0 Å². The van der Waals surface area contributed by atoms with Gasteiger partial charge in [0.25, 0.3) is 5.91 Å². The minimum absolute atomic E-state index is 0.0992. The Bertz CT molecular complexity index is 919. The molecule has 1 atom stereocenters. The molecule has 0 aliphatic heterocycles. The Labute approximate surface area is 144 Å². The van der Waals surface area contributed by atoms with Crippen molar-refractivity contribution in [3.63, 3.8) is 0 Å². The molecule has 1 aromatic heterocycles. The monoisotopic (exact) mass is 343 g/mol. The van der Waals surface area contributed by atoms with Gasteiger partial charge in [0, 0.05) is 10.9 Å². The standard InChI is InChI=1S/C19H18FNO4/c1-11-15-9-13(20)6-7-16(15)25-17(11)10-21-19(23)18(22)12-4-3-5-14(8-12)24-2/h3-9,18,22H,10H2,1-2H3,(H,21,23). The Balaban J connectivity index is 1.72. The molecule has 0 fully saturated rings. The van der Waals surface area contributed by atoms with Gasteiger partial charge in [-0.1, -0.05) is 12.1 Å². The molecule has 6 heteroatoms. The van der Waals surface area contributed by atoms with E-state index in [-0.39, 0.29) is 12.4 Å². The van der Waals surface area contributed by atoms with Crippen LogP contribution in [-0.2, 0) is 11.3 Å². The number of nitrogens with one attached hydrogen (secondary N) is 1. The lowest BCUT2D eigenvalue weighted by Gasteiger charge is -2.12. The van der Waals surface area contributed by atoms with Crippen molar-refractivity contribution in [2.75, 3.05) is 7.11 Å². The minimum Gasteiger partial charge on any atom is -0.497 e. The molecule has 0 radical (unpaired) electrons. The summed E-state index contributed by atoms with van der Waals surface area (Å²) in [6.45, 7) is 1.90. The molecule has 0 saturated heterocycles. The number of amides is 1. The normalized spacial score (nSPS) is 12.2.